The van der Waals surface area contributed by atoms with Crippen LogP contribution in [0.1, 0.15) is 23.1 Å². The van der Waals surface area contributed by atoms with E-state index in [1.54, 1.807) is 0 Å². The summed E-state index contributed by atoms with van der Waals surface area (Å²) in [6, 6.07) is 5.77. The molecule has 0 aromatic heterocycles. The topological polar surface area (TPSA) is 63.3 Å². The summed E-state index contributed by atoms with van der Waals surface area (Å²) >= 11 is 0. The van der Waals surface area contributed by atoms with Gasteiger partial charge in [-0.05, 0) is 30.9 Å². The molecule has 0 saturated carbocycles. The highest BCUT2D eigenvalue weighted by Crippen LogP contribution is 2.35. The molecule has 0 heterocycles. The van der Waals surface area contributed by atoms with E-state index in [0.29, 0.717) is 6.42 Å². The van der Waals surface area contributed by atoms with E-state index in [1.165, 1.54) is 0 Å². The maximum absolute atomic E-state index is 11.0. The van der Waals surface area contributed by atoms with E-state index in [4.69, 9.17) is 10.8 Å². The van der Waals surface area contributed by atoms with Gasteiger partial charge in [-0.15, -0.1) is 0 Å². The van der Waals surface area contributed by atoms with Crippen LogP contribution in [0, 0.1) is 6.92 Å². The van der Waals surface area contributed by atoms with Crippen molar-refractivity contribution in [3.8, 4) is 0 Å². The molecule has 74 valence electrons. The molecule has 1 aliphatic carbocycles. The minimum Gasteiger partial charge on any atom is -0.480 e. The fourth-order valence-electron chi connectivity index (χ4n) is 2.05. The van der Waals surface area contributed by atoms with E-state index in [1.807, 2.05) is 25.1 Å². The molecule has 3 nitrogen and oxygen atoms in total. The molecule has 2 rings (SSSR count). The van der Waals surface area contributed by atoms with Gasteiger partial charge in [0, 0.05) is 0 Å². The van der Waals surface area contributed by atoms with Crippen LogP contribution in [0.2, 0.25) is 0 Å². The normalized spacial score (nSPS) is 24.7. The van der Waals surface area contributed by atoms with Crippen LogP contribution in [0.3, 0.4) is 0 Å². The van der Waals surface area contributed by atoms with Crippen molar-refractivity contribution in [3.63, 3.8) is 0 Å². The number of aliphatic carboxylic acids is 1. The van der Waals surface area contributed by atoms with Gasteiger partial charge in [-0.3, -0.25) is 0 Å². The Morgan fingerprint density at radius 2 is 2.29 bits per heavy atom. The van der Waals surface area contributed by atoms with Crippen LogP contribution in [0.5, 0.6) is 0 Å². The second kappa shape index (κ2) is 2.82. The predicted molar refractivity (Wildman–Crippen MR) is 53.0 cm³/mol. The highest BCUT2D eigenvalue weighted by molar-refractivity contribution is 5.82. The number of carbonyl (C=O) groups is 1. The average molecular weight is 191 g/mol. The Bertz CT molecular complexity index is 400. The monoisotopic (exact) mass is 191 g/mol. The van der Waals surface area contributed by atoms with E-state index >= 15 is 0 Å². The first-order chi connectivity index (χ1) is 6.54. The molecule has 0 radical (unpaired) electrons. The molecule has 1 atom stereocenters. The maximum atomic E-state index is 11.0. The molecule has 1 aromatic rings. The second-order valence-electron chi connectivity index (χ2n) is 3.94. The predicted octanol–water partition coefficient (Wildman–Crippen LogP) is 1.18. The van der Waals surface area contributed by atoms with E-state index in [0.717, 1.165) is 23.1 Å². The van der Waals surface area contributed by atoms with E-state index in [2.05, 4.69) is 0 Å². The average Bonchev–Trinajstić information content (AvgIpc) is 2.45. The molecule has 0 bridgehead atoms. The van der Waals surface area contributed by atoms with Crippen molar-refractivity contribution in [2.75, 3.05) is 0 Å². The number of carboxylic acid groups (broad SMARTS) is 1. The molecule has 0 fully saturated rings. The van der Waals surface area contributed by atoms with Gasteiger partial charge in [-0.1, -0.05) is 23.8 Å². The zero-order chi connectivity index (χ0) is 10.3. The fraction of sp³-hybridized carbons (Fsp3) is 0.364. The lowest BCUT2D eigenvalue weighted by Crippen LogP contribution is -2.42. The first-order valence-corrected chi connectivity index (χ1v) is 4.66. The number of aryl methyl sites for hydroxylation is 2. The smallest absolute Gasteiger partial charge is 0.328 e. The van der Waals surface area contributed by atoms with E-state index in [9.17, 15) is 4.79 Å². The lowest BCUT2D eigenvalue weighted by atomic mass is 9.93. The molecule has 3 heteroatoms. The molecule has 0 amide bonds. The SMILES string of the molecule is Cc1ccc2c(c1)CCC2(N)C(=O)O. The zero-order valence-corrected chi connectivity index (χ0v) is 8.08. The summed E-state index contributed by atoms with van der Waals surface area (Å²) in [5.74, 6) is -0.930. The number of fused-ring (bicyclic) bond motifs is 1. The van der Waals surface area contributed by atoms with E-state index < -0.39 is 11.5 Å². The maximum Gasteiger partial charge on any atom is 0.328 e. The lowest BCUT2D eigenvalue weighted by molar-refractivity contribution is -0.143. The molecule has 1 aliphatic rings. The Morgan fingerprint density at radius 3 is 2.93 bits per heavy atom. The van der Waals surface area contributed by atoms with Gasteiger partial charge in [0.25, 0.3) is 0 Å². The van der Waals surface area contributed by atoms with Crippen molar-refractivity contribution in [2.24, 2.45) is 5.73 Å². The number of hydrogen-bond donors (Lipinski definition) is 2. The van der Waals surface area contributed by atoms with E-state index in [-0.39, 0.29) is 0 Å². The van der Waals surface area contributed by atoms with Gasteiger partial charge < -0.3 is 10.8 Å². The van der Waals surface area contributed by atoms with Crippen LogP contribution in [0.4, 0.5) is 0 Å². The highest BCUT2D eigenvalue weighted by atomic mass is 16.4. The summed E-state index contributed by atoms with van der Waals surface area (Å²) in [6.45, 7) is 2.00. The summed E-state index contributed by atoms with van der Waals surface area (Å²) in [4.78, 5) is 11.0. The third-order valence-electron chi connectivity index (χ3n) is 2.91. The highest BCUT2D eigenvalue weighted by Gasteiger charge is 2.41. The van der Waals surface area contributed by atoms with Gasteiger partial charge in [-0.2, -0.15) is 0 Å². The molecule has 0 aliphatic heterocycles. The Balaban J connectivity index is 2.55. The summed E-state index contributed by atoms with van der Waals surface area (Å²) < 4.78 is 0. The Kier molecular flexibility index (Phi) is 1.86. The van der Waals surface area contributed by atoms with Gasteiger partial charge >= 0.3 is 5.97 Å². The molecule has 3 N–H and O–H groups in total. The number of carboxylic acids is 1. The van der Waals surface area contributed by atoms with Gasteiger partial charge in [0.15, 0.2) is 0 Å². The summed E-state index contributed by atoms with van der Waals surface area (Å²) in [5, 5.41) is 9.06. The van der Waals surface area contributed by atoms with Gasteiger partial charge in [-0.25, -0.2) is 4.79 Å². The number of rotatable bonds is 1. The number of benzene rings is 1. The van der Waals surface area contributed by atoms with Gasteiger partial charge in [0.2, 0.25) is 0 Å². The van der Waals surface area contributed by atoms with Crippen LogP contribution in [-0.4, -0.2) is 11.1 Å². The summed E-state index contributed by atoms with van der Waals surface area (Å²) in [5.41, 5.74) is 7.70. The van der Waals surface area contributed by atoms with Crippen molar-refractivity contribution in [3.05, 3.63) is 34.9 Å². The summed E-state index contributed by atoms with van der Waals surface area (Å²) in [7, 11) is 0. The molecule has 0 saturated heterocycles. The molecule has 14 heavy (non-hydrogen) atoms. The number of nitrogens with two attached hydrogens (primary N) is 1. The van der Waals surface area contributed by atoms with Crippen molar-refractivity contribution < 1.29 is 9.90 Å². The summed E-state index contributed by atoms with van der Waals surface area (Å²) in [6.07, 6.45) is 1.26. The minimum absolute atomic E-state index is 0.501. The number of hydrogen-bond acceptors (Lipinski definition) is 2. The van der Waals surface area contributed by atoms with Crippen molar-refractivity contribution in [1.29, 1.82) is 0 Å². The molecule has 1 unspecified atom stereocenters. The third kappa shape index (κ3) is 1.13. The van der Waals surface area contributed by atoms with Crippen LogP contribution in [0.25, 0.3) is 0 Å². The fourth-order valence-corrected chi connectivity index (χ4v) is 2.05. The quantitative estimate of drug-likeness (QED) is 0.700. The Morgan fingerprint density at radius 1 is 1.57 bits per heavy atom. The van der Waals surface area contributed by atoms with Crippen LogP contribution in [-0.2, 0) is 16.8 Å². The van der Waals surface area contributed by atoms with Crippen LogP contribution < -0.4 is 5.73 Å². The standard InChI is InChI=1S/C11H13NO2/c1-7-2-3-9-8(6-7)4-5-11(9,12)10(13)14/h2-3,6H,4-5,12H2,1H3,(H,13,14). The zero-order valence-electron chi connectivity index (χ0n) is 8.08. The van der Waals surface area contributed by atoms with Gasteiger partial charge in [0.05, 0.1) is 0 Å². The minimum atomic E-state index is -1.16. The van der Waals surface area contributed by atoms with Gasteiger partial charge in [0.1, 0.15) is 5.54 Å². The van der Waals surface area contributed by atoms with Crippen LogP contribution >= 0.6 is 0 Å². The Hall–Kier alpha value is -1.35. The molecular formula is C11H13NO2. The lowest BCUT2D eigenvalue weighted by Gasteiger charge is -2.19. The largest absolute Gasteiger partial charge is 0.480 e. The second-order valence-corrected chi connectivity index (χ2v) is 3.94. The third-order valence-corrected chi connectivity index (χ3v) is 2.91. The first-order valence-electron chi connectivity index (χ1n) is 4.66. The van der Waals surface area contributed by atoms with Crippen molar-refractivity contribution >= 4 is 5.97 Å². The molecule has 0 spiro atoms. The Labute approximate surface area is 82.5 Å². The van der Waals surface area contributed by atoms with Crippen molar-refractivity contribution in [1.82, 2.24) is 0 Å². The van der Waals surface area contributed by atoms with Crippen LogP contribution in [0.15, 0.2) is 18.2 Å². The molecular weight excluding hydrogens is 178 g/mol. The molecule has 1 aromatic carbocycles. The first kappa shape index (κ1) is 9.21. The van der Waals surface area contributed by atoms with Crippen molar-refractivity contribution in [2.45, 2.75) is 25.3 Å².